The Morgan fingerprint density at radius 3 is 1.91 bits per heavy atom. The van der Waals surface area contributed by atoms with Gasteiger partial charge in [-0.3, -0.25) is 0 Å². The zero-order chi connectivity index (χ0) is 25.3. The van der Waals surface area contributed by atoms with E-state index >= 15 is 0 Å². The third kappa shape index (κ3) is 12.2. The van der Waals surface area contributed by atoms with Crippen LogP contribution in [-0.2, 0) is 0 Å². The van der Waals surface area contributed by atoms with Crippen LogP contribution in [0.15, 0.2) is 48.5 Å². The number of hydrogen-bond donors (Lipinski definition) is 0. The number of carbonyl (C=O) groups excluding carboxylic acids is 1. The fraction of sp³-hybridized carbons (Fsp3) is 0.581. The fourth-order valence-corrected chi connectivity index (χ4v) is 4.01. The average Bonchev–Trinajstić information content (AvgIpc) is 2.86. The Hall–Kier alpha value is -2.49. The standard InChI is InChI=1S/C31H46O4/c1-5-14-26(4)34-29-18-16-27(17-19-29)31(32)35-30-22-20-28(21-23-30)33-24-13-11-9-7-8-10-12-15-25(3)6-2/h16-23,25-26H,5-15,24H2,1-4H3/t25-,26+/m0/s1. The lowest BCUT2D eigenvalue weighted by atomic mass is 10.00. The summed E-state index contributed by atoms with van der Waals surface area (Å²) in [6.07, 6.45) is 13.9. The van der Waals surface area contributed by atoms with Gasteiger partial charge in [-0.25, -0.2) is 4.79 Å². The Morgan fingerprint density at radius 1 is 0.714 bits per heavy atom. The quantitative estimate of drug-likeness (QED) is 0.121. The molecule has 0 saturated carbocycles. The molecule has 4 heteroatoms. The highest BCUT2D eigenvalue weighted by atomic mass is 16.5. The smallest absolute Gasteiger partial charge is 0.343 e. The monoisotopic (exact) mass is 482 g/mol. The second-order valence-corrected chi connectivity index (χ2v) is 9.73. The highest BCUT2D eigenvalue weighted by Crippen LogP contribution is 2.21. The lowest BCUT2D eigenvalue weighted by molar-refractivity contribution is 0.0734. The summed E-state index contributed by atoms with van der Waals surface area (Å²) in [6.45, 7) is 9.54. The lowest BCUT2D eigenvalue weighted by Gasteiger charge is -2.13. The summed E-state index contributed by atoms with van der Waals surface area (Å²) in [5, 5.41) is 0. The van der Waals surface area contributed by atoms with E-state index in [1.54, 1.807) is 24.3 Å². The minimum atomic E-state index is -0.383. The summed E-state index contributed by atoms with van der Waals surface area (Å²) in [5.74, 6) is 2.57. The van der Waals surface area contributed by atoms with Crippen molar-refractivity contribution < 1.29 is 19.0 Å². The van der Waals surface area contributed by atoms with Gasteiger partial charge in [-0.2, -0.15) is 0 Å². The first kappa shape index (κ1) is 28.7. The van der Waals surface area contributed by atoms with Gasteiger partial charge in [-0.15, -0.1) is 0 Å². The van der Waals surface area contributed by atoms with Crippen LogP contribution in [0.1, 0.15) is 109 Å². The molecule has 0 spiro atoms. The second-order valence-electron chi connectivity index (χ2n) is 9.73. The number of benzene rings is 2. The van der Waals surface area contributed by atoms with Gasteiger partial charge in [0.05, 0.1) is 18.3 Å². The van der Waals surface area contributed by atoms with Crippen molar-refractivity contribution in [1.82, 2.24) is 0 Å². The SMILES string of the molecule is CCC[C@@H](C)Oc1ccc(C(=O)Oc2ccc(OCCCCCCCCC[C@@H](C)CC)cc2)cc1. The molecule has 0 radical (unpaired) electrons. The van der Waals surface area contributed by atoms with Crippen LogP contribution in [0.4, 0.5) is 0 Å². The van der Waals surface area contributed by atoms with Gasteiger partial charge in [0.1, 0.15) is 17.2 Å². The van der Waals surface area contributed by atoms with Crippen LogP contribution in [0.25, 0.3) is 0 Å². The van der Waals surface area contributed by atoms with E-state index in [9.17, 15) is 4.79 Å². The van der Waals surface area contributed by atoms with Crippen molar-refractivity contribution in [3.63, 3.8) is 0 Å². The maximum absolute atomic E-state index is 12.4. The van der Waals surface area contributed by atoms with Crippen LogP contribution in [-0.4, -0.2) is 18.7 Å². The normalized spacial score (nSPS) is 12.7. The molecule has 2 rings (SSSR count). The molecule has 0 aliphatic heterocycles. The van der Waals surface area contributed by atoms with E-state index in [0.717, 1.165) is 43.3 Å². The molecule has 0 heterocycles. The van der Waals surface area contributed by atoms with Crippen LogP contribution < -0.4 is 14.2 Å². The van der Waals surface area contributed by atoms with Crippen LogP contribution in [0.2, 0.25) is 0 Å². The summed E-state index contributed by atoms with van der Waals surface area (Å²) < 4.78 is 17.2. The van der Waals surface area contributed by atoms with Crippen molar-refractivity contribution >= 4 is 5.97 Å². The topological polar surface area (TPSA) is 44.8 Å². The average molecular weight is 483 g/mol. The zero-order valence-electron chi connectivity index (χ0n) is 22.4. The molecule has 0 fully saturated rings. The van der Waals surface area contributed by atoms with Gasteiger partial charge in [0.25, 0.3) is 0 Å². The Kier molecular flexibility index (Phi) is 14.0. The van der Waals surface area contributed by atoms with Crippen LogP contribution >= 0.6 is 0 Å². The number of unbranched alkanes of at least 4 members (excludes halogenated alkanes) is 6. The molecule has 0 aliphatic carbocycles. The van der Waals surface area contributed by atoms with Crippen molar-refractivity contribution in [2.75, 3.05) is 6.61 Å². The molecule has 4 nitrogen and oxygen atoms in total. The number of esters is 1. The van der Waals surface area contributed by atoms with Gasteiger partial charge in [0.15, 0.2) is 0 Å². The fourth-order valence-electron chi connectivity index (χ4n) is 4.01. The number of ether oxygens (including phenoxy) is 3. The number of rotatable bonds is 18. The highest BCUT2D eigenvalue weighted by Gasteiger charge is 2.10. The molecule has 0 bridgehead atoms. The van der Waals surface area contributed by atoms with Gasteiger partial charge in [-0.1, -0.05) is 78.6 Å². The Labute approximate surface area is 213 Å². The van der Waals surface area contributed by atoms with Crippen molar-refractivity contribution in [3.05, 3.63) is 54.1 Å². The molecule has 194 valence electrons. The summed E-state index contributed by atoms with van der Waals surface area (Å²) in [6, 6.07) is 14.4. The molecule has 0 unspecified atom stereocenters. The van der Waals surface area contributed by atoms with Gasteiger partial charge < -0.3 is 14.2 Å². The summed E-state index contributed by atoms with van der Waals surface area (Å²) in [7, 11) is 0. The van der Waals surface area contributed by atoms with E-state index in [2.05, 4.69) is 27.7 Å². The number of carbonyl (C=O) groups is 1. The summed E-state index contributed by atoms with van der Waals surface area (Å²) >= 11 is 0. The molecule has 0 N–H and O–H groups in total. The van der Waals surface area contributed by atoms with Gasteiger partial charge in [0, 0.05) is 0 Å². The van der Waals surface area contributed by atoms with Gasteiger partial charge >= 0.3 is 5.97 Å². The lowest BCUT2D eigenvalue weighted by Crippen LogP contribution is -2.11. The zero-order valence-corrected chi connectivity index (χ0v) is 22.4. The largest absolute Gasteiger partial charge is 0.494 e. The third-order valence-electron chi connectivity index (χ3n) is 6.46. The Morgan fingerprint density at radius 2 is 1.29 bits per heavy atom. The predicted octanol–water partition coefficient (Wildman–Crippen LogP) is 9.02. The molecule has 0 aromatic heterocycles. The summed E-state index contributed by atoms with van der Waals surface area (Å²) in [5.41, 5.74) is 0.497. The Bertz CT molecular complexity index is 813. The van der Waals surface area contributed by atoms with Crippen molar-refractivity contribution in [2.45, 2.75) is 104 Å². The first-order valence-corrected chi connectivity index (χ1v) is 13.7. The third-order valence-corrected chi connectivity index (χ3v) is 6.46. The van der Waals surface area contributed by atoms with Crippen LogP contribution in [0.5, 0.6) is 17.2 Å². The molecule has 2 atom stereocenters. The second kappa shape index (κ2) is 17.0. The molecule has 0 amide bonds. The summed E-state index contributed by atoms with van der Waals surface area (Å²) in [4.78, 5) is 12.4. The van der Waals surface area contributed by atoms with Gasteiger partial charge in [-0.05, 0) is 74.2 Å². The van der Waals surface area contributed by atoms with Crippen molar-refractivity contribution in [3.8, 4) is 17.2 Å². The van der Waals surface area contributed by atoms with E-state index < -0.39 is 0 Å². The van der Waals surface area contributed by atoms with E-state index in [1.807, 2.05) is 24.3 Å². The Balaban J connectivity index is 1.60. The van der Waals surface area contributed by atoms with Crippen LogP contribution in [0.3, 0.4) is 0 Å². The molecule has 2 aromatic rings. The molecule has 0 saturated heterocycles. The maximum atomic E-state index is 12.4. The predicted molar refractivity (Wildman–Crippen MR) is 145 cm³/mol. The molecular formula is C31H46O4. The maximum Gasteiger partial charge on any atom is 0.343 e. The highest BCUT2D eigenvalue weighted by molar-refractivity contribution is 5.91. The molecule has 35 heavy (non-hydrogen) atoms. The van der Waals surface area contributed by atoms with Crippen molar-refractivity contribution in [2.24, 2.45) is 5.92 Å². The first-order valence-electron chi connectivity index (χ1n) is 13.7. The molecule has 2 aromatic carbocycles. The van der Waals surface area contributed by atoms with Gasteiger partial charge in [0.2, 0.25) is 0 Å². The van der Waals surface area contributed by atoms with E-state index in [0.29, 0.717) is 11.3 Å². The van der Waals surface area contributed by atoms with E-state index in [4.69, 9.17) is 14.2 Å². The number of hydrogen-bond acceptors (Lipinski definition) is 4. The minimum Gasteiger partial charge on any atom is -0.494 e. The molecular weight excluding hydrogens is 436 g/mol. The van der Waals surface area contributed by atoms with Crippen molar-refractivity contribution in [1.29, 1.82) is 0 Å². The van der Waals surface area contributed by atoms with E-state index in [-0.39, 0.29) is 12.1 Å². The van der Waals surface area contributed by atoms with E-state index in [1.165, 1.54) is 51.4 Å². The minimum absolute atomic E-state index is 0.160. The molecule has 0 aliphatic rings. The first-order chi connectivity index (χ1) is 17.0. The van der Waals surface area contributed by atoms with Crippen LogP contribution in [0, 0.1) is 5.92 Å².